The van der Waals surface area contributed by atoms with Crippen LogP contribution in [0.3, 0.4) is 0 Å². The molecule has 0 saturated carbocycles. The average molecular weight is 385 g/mol. The SMILES string of the molecule is CCCC(=NOCC(C)C)c1ccc(C(O)(C(F)(F)F)C(F)(F)F)cc1. The lowest BCUT2D eigenvalue weighted by atomic mass is 9.91. The van der Waals surface area contributed by atoms with Crippen molar-refractivity contribution >= 4 is 5.71 Å². The third-order valence-corrected chi connectivity index (χ3v) is 3.53. The Kier molecular flexibility index (Phi) is 7.09. The molecule has 0 atom stereocenters. The third kappa shape index (κ3) is 4.90. The number of alkyl halides is 6. The fourth-order valence-electron chi connectivity index (χ4n) is 2.14. The number of hydrogen-bond donors (Lipinski definition) is 1. The summed E-state index contributed by atoms with van der Waals surface area (Å²) in [6, 6.07) is 3.32. The molecule has 0 spiro atoms. The van der Waals surface area contributed by atoms with E-state index in [4.69, 9.17) is 4.84 Å². The second-order valence-electron chi connectivity index (χ2n) is 6.26. The van der Waals surface area contributed by atoms with Crippen LogP contribution in [0.25, 0.3) is 0 Å². The summed E-state index contributed by atoms with van der Waals surface area (Å²) in [6.45, 7) is 5.98. The van der Waals surface area contributed by atoms with Crippen LogP contribution in [-0.2, 0) is 10.4 Å². The molecule has 1 aromatic carbocycles. The Hall–Kier alpha value is -1.77. The summed E-state index contributed by atoms with van der Waals surface area (Å²) in [7, 11) is 0. The molecule has 0 aliphatic heterocycles. The molecule has 26 heavy (non-hydrogen) atoms. The van der Waals surface area contributed by atoms with Crippen LogP contribution < -0.4 is 0 Å². The van der Waals surface area contributed by atoms with E-state index in [-0.39, 0.29) is 5.92 Å². The van der Waals surface area contributed by atoms with Gasteiger partial charge in [-0.3, -0.25) is 0 Å². The summed E-state index contributed by atoms with van der Waals surface area (Å²) in [5.74, 6) is 0.206. The van der Waals surface area contributed by atoms with Gasteiger partial charge in [0, 0.05) is 5.56 Å². The summed E-state index contributed by atoms with van der Waals surface area (Å²) >= 11 is 0. The molecule has 0 radical (unpaired) electrons. The number of aliphatic hydroxyl groups is 1. The van der Waals surface area contributed by atoms with Crippen molar-refractivity contribution in [3.05, 3.63) is 35.4 Å². The molecule has 0 bridgehead atoms. The molecule has 1 N–H and O–H groups in total. The van der Waals surface area contributed by atoms with E-state index < -0.39 is 23.5 Å². The van der Waals surface area contributed by atoms with Gasteiger partial charge >= 0.3 is 12.4 Å². The predicted molar refractivity (Wildman–Crippen MR) is 84.7 cm³/mol. The van der Waals surface area contributed by atoms with Gasteiger partial charge in [-0.15, -0.1) is 0 Å². The van der Waals surface area contributed by atoms with E-state index in [2.05, 4.69) is 5.16 Å². The van der Waals surface area contributed by atoms with E-state index in [1.165, 1.54) is 0 Å². The molecule has 0 aliphatic carbocycles. The summed E-state index contributed by atoms with van der Waals surface area (Å²) in [5.41, 5.74) is -5.51. The highest BCUT2D eigenvalue weighted by molar-refractivity contribution is 6.00. The highest BCUT2D eigenvalue weighted by atomic mass is 19.4. The average Bonchev–Trinajstić information content (AvgIpc) is 2.51. The van der Waals surface area contributed by atoms with Gasteiger partial charge < -0.3 is 9.94 Å². The first-order valence-electron chi connectivity index (χ1n) is 8.00. The van der Waals surface area contributed by atoms with Crippen LogP contribution in [0.15, 0.2) is 29.4 Å². The second-order valence-corrected chi connectivity index (χ2v) is 6.26. The molecule has 1 aromatic rings. The van der Waals surface area contributed by atoms with Crippen molar-refractivity contribution in [1.29, 1.82) is 0 Å². The third-order valence-electron chi connectivity index (χ3n) is 3.53. The summed E-state index contributed by atoms with van der Waals surface area (Å²) in [6.07, 6.45) is -10.7. The summed E-state index contributed by atoms with van der Waals surface area (Å²) in [5, 5.41) is 13.3. The number of halogens is 6. The number of hydrogen-bond acceptors (Lipinski definition) is 3. The highest BCUT2D eigenvalue weighted by Crippen LogP contribution is 2.49. The highest BCUT2D eigenvalue weighted by Gasteiger charge is 2.71. The van der Waals surface area contributed by atoms with Crippen molar-refractivity contribution < 1.29 is 36.3 Å². The number of benzene rings is 1. The zero-order chi connectivity index (χ0) is 20.2. The van der Waals surface area contributed by atoms with E-state index in [0.717, 1.165) is 12.1 Å². The standard InChI is InChI=1S/C17H21F6NO2/c1-4-5-14(24-26-10-11(2)3)12-6-8-13(9-7-12)15(25,16(18,19)20)17(21,22)23/h6-9,11,25H,4-5,10H2,1-3H3. The van der Waals surface area contributed by atoms with E-state index in [9.17, 15) is 31.4 Å². The minimum Gasteiger partial charge on any atom is -0.395 e. The van der Waals surface area contributed by atoms with Crippen LogP contribution in [0.4, 0.5) is 26.3 Å². The first kappa shape index (κ1) is 22.3. The molecule has 0 heterocycles. The molecule has 3 nitrogen and oxygen atoms in total. The zero-order valence-corrected chi connectivity index (χ0v) is 14.6. The minimum atomic E-state index is -5.91. The van der Waals surface area contributed by atoms with E-state index in [0.29, 0.717) is 42.9 Å². The second kappa shape index (κ2) is 8.28. The van der Waals surface area contributed by atoms with Crippen LogP contribution in [0.1, 0.15) is 44.7 Å². The van der Waals surface area contributed by atoms with E-state index in [1.807, 2.05) is 20.8 Å². The Bertz CT molecular complexity index is 591. The normalized spacial score (nSPS) is 14.0. The quantitative estimate of drug-likeness (QED) is 0.399. The summed E-state index contributed by atoms with van der Waals surface area (Å²) < 4.78 is 77.4. The van der Waals surface area contributed by atoms with Crippen molar-refractivity contribution in [2.24, 2.45) is 11.1 Å². The lowest BCUT2D eigenvalue weighted by molar-refractivity contribution is -0.376. The largest absolute Gasteiger partial charge is 0.430 e. The predicted octanol–water partition coefficient (Wildman–Crippen LogP) is 5.18. The zero-order valence-electron chi connectivity index (χ0n) is 14.6. The van der Waals surface area contributed by atoms with Gasteiger partial charge in [-0.05, 0) is 17.9 Å². The van der Waals surface area contributed by atoms with Gasteiger partial charge in [-0.2, -0.15) is 26.3 Å². The monoisotopic (exact) mass is 385 g/mol. The lowest BCUT2D eigenvalue weighted by Crippen LogP contribution is -2.53. The van der Waals surface area contributed by atoms with Crippen LogP contribution >= 0.6 is 0 Å². The Morgan fingerprint density at radius 3 is 1.92 bits per heavy atom. The van der Waals surface area contributed by atoms with Crippen LogP contribution in [-0.4, -0.2) is 29.8 Å². The minimum absolute atomic E-state index is 0.206. The number of oxime groups is 1. The van der Waals surface area contributed by atoms with Crippen molar-refractivity contribution in [3.8, 4) is 0 Å². The maximum atomic E-state index is 12.9. The van der Waals surface area contributed by atoms with Gasteiger partial charge in [0.15, 0.2) is 0 Å². The molecule has 1 rings (SSSR count). The molecule has 0 saturated heterocycles. The molecule has 0 aromatic heterocycles. The fourth-order valence-corrected chi connectivity index (χ4v) is 2.14. The molecule has 0 aliphatic rings. The molecule has 0 amide bonds. The Labute approximate surface area is 147 Å². The molecule has 148 valence electrons. The molecular formula is C17H21F6NO2. The summed E-state index contributed by atoms with van der Waals surface area (Å²) in [4.78, 5) is 5.15. The van der Waals surface area contributed by atoms with Crippen molar-refractivity contribution in [1.82, 2.24) is 0 Å². The van der Waals surface area contributed by atoms with Crippen LogP contribution in [0.5, 0.6) is 0 Å². The van der Waals surface area contributed by atoms with Crippen LogP contribution in [0, 0.1) is 5.92 Å². The van der Waals surface area contributed by atoms with Crippen molar-refractivity contribution in [3.63, 3.8) is 0 Å². The fraction of sp³-hybridized carbons (Fsp3) is 0.588. The maximum Gasteiger partial charge on any atom is 0.430 e. The Balaban J connectivity index is 3.22. The van der Waals surface area contributed by atoms with Gasteiger partial charge in [0.05, 0.1) is 5.71 Å². The van der Waals surface area contributed by atoms with E-state index in [1.54, 1.807) is 0 Å². The lowest BCUT2D eigenvalue weighted by Gasteiger charge is -2.32. The molecule has 0 fully saturated rings. The first-order valence-corrected chi connectivity index (χ1v) is 8.00. The van der Waals surface area contributed by atoms with Gasteiger partial charge in [-0.1, -0.05) is 56.6 Å². The maximum absolute atomic E-state index is 12.9. The molecule has 9 heteroatoms. The molecule has 0 unspecified atom stereocenters. The van der Waals surface area contributed by atoms with Gasteiger partial charge in [-0.25, -0.2) is 0 Å². The first-order chi connectivity index (χ1) is 11.8. The van der Waals surface area contributed by atoms with Gasteiger partial charge in [0.1, 0.15) is 6.61 Å². The number of nitrogens with zero attached hydrogens (tertiary/aromatic N) is 1. The smallest absolute Gasteiger partial charge is 0.395 e. The van der Waals surface area contributed by atoms with Gasteiger partial charge in [0.2, 0.25) is 0 Å². The van der Waals surface area contributed by atoms with E-state index >= 15 is 0 Å². The number of rotatable bonds is 7. The van der Waals surface area contributed by atoms with Crippen molar-refractivity contribution in [2.45, 2.75) is 51.6 Å². The topological polar surface area (TPSA) is 41.8 Å². The molecular weight excluding hydrogens is 364 g/mol. The Morgan fingerprint density at radius 2 is 1.54 bits per heavy atom. The van der Waals surface area contributed by atoms with Crippen molar-refractivity contribution in [2.75, 3.05) is 6.61 Å². The van der Waals surface area contributed by atoms with Crippen LogP contribution in [0.2, 0.25) is 0 Å². The van der Waals surface area contributed by atoms with Gasteiger partial charge in [0.25, 0.3) is 5.60 Å². The Morgan fingerprint density at radius 1 is 1.04 bits per heavy atom.